The molecule has 4 heteroatoms. The topological polar surface area (TPSA) is 26.3 Å². The molecule has 2 aromatic carbocycles. The summed E-state index contributed by atoms with van der Waals surface area (Å²) in [6.45, 7) is 2.16. The van der Waals surface area contributed by atoms with Crippen molar-refractivity contribution in [2.45, 2.75) is 11.8 Å². The number of carbonyl (C=O) groups excluding carboxylic acids is 1. The van der Waals surface area contributed by atoms with Gasteiger partial charge in [-0.3, -0.25) is 0 Å². The van der Waals surface area contributed by atoms with Gasteiger partial charge in [-0.2, -0.15) is 0 Å². The van der Waals surface area contributed by atoms with Crippen LogP contribution in [0.3, 0.4) is 0 Å². The van der Waals surface area contributed by atoms with E-state index in [1.54, 1.807) is 30.8 Å². The first kappa shape index (κ1) is 16.7. The molecule has 2 aromatic rings. The number of rotatable bonds is 6. The molecule has 0 aliphatic carbocycles. The Bertz CT molecular complexity index is 653. The molecule has 0 fully saturated rings. The van der Waals surface area contributed by atoms with Gasteiger partial charge in [0.15, 0.2) is 0 Å². The van der Waals surface area contributed by atoms with Crippen molar-refractivity contribution < 1.29 is 9.53 Å². The number of hydrogen-bond acceptors (Lipinski definition) is 3. The molecule has 2 rings (SSSR count). The monoisotopic (exact) mass is 332 g/mol. The SMILES string of the molecule is CCOC(=O)/C(=C/c1ccccc1Cl)CSc1ccccc1. The molecule has 114 valence electrons. The van der Waals surface area contributed by atoms with E-state index in [9.17, 15) is 4.79 Å². The molecule has 2 nitrogen and oxygen atoms in total. The summed E-state index contributed by atoms with van der Waals surface area (Å²) in [4.78, 5) is 13.2. The van der Waals surface area contributed by atoms with E-state index < -0.39 is 0 Å². The smallest absolute Gasteiger partial charge is 0.334 e. The van der Waals surface area contributed by atoms with Crippen LogP contribution in [0.5, 0.6) is 0 Å². The second-order valence-corrected chi connectivity index (χ2v) is 5.97. The van der Waals surface area contributed by atoms with E-state index in [1.807, 2.05) is 48.5 Å². The van der Waals surface area contributed by atoms with Gasteiger partial charge in [0, 0.05) is 21.2 Å². The van der Waals surface area contributed by atoms with Crippen molar-refractivity contribution in [3.63, 3.8) is 0 Å². The lowest BCUT2D eigenvalue weighted by Gasteiger charge is -2.08. The number of halogens is 1. The third-order valence-corrected chi connectivity index (χ3v) is 4.32. The first-order valence-electron chi connectivity index (χ1n) is 7.00. The van der Waals surface area contributed by atoms with Gasteiger partial charge in [-0.25, -0.2) is 4.79 Å². The molecule has 0 heterocycles. The lowest BCUT2D eigenvalue weighted by atomic mass is 10.1. The van der Waals surface area contributed by atoms with Crippen molar-refractivity contribution in [1.29, 1.82) is 0 Å². The average molecular weight is 333 g/mol. The highest BCUT2D eigenvalue weighted by molar-refractivity contribution is 7.99. The molecule has 0 amide bonds. The molecule has 0 spiro atoms. The minimum atomic E-state index is -0.300. The van der Waals surface area contributed by atoms with Crippen LogP contribution >= 0.6 is 23.4 Å². The summed E-state index contributed by atoms with van der Waals surface area (Å²) in [5.41, 5.74) is 1.42. The highest BCUT2D eigenvalue weighted by Crippen LogP contribution is 2.24. The molecular formula is C18H17ClO2S. The highest BCUT2D eigenvalue weighted by Gasteiger charge is 2.12. The summed E-state index contributed by atoms with van der Waals surface area (Å²) in [6, 6.07) is 17.4. The fourth-order valence-corrected chi connectivity index (χ4v) is 2.90. The molecule has 0 N–H and O–H groups in total. The van der Waals surface area contributed by atoms with Crippen molar-refractivity contribution in [1.82, 2.24) is 0 Å². The molecule has 22 heavy (non-hydrogen) atoms. The van der Waals surface area contributed by atoms with E-state index in [0.717, 1.165) is 10.5 Å². The van der Waals surface area contributed by atoms with Crippen LogP contribution in [-0.2, 0) is 9.53 Å². The zero-order chi connectivity index (χ0) is 15.8. The zero-order valence-electron chi connectivity index (χ0n) is 12.3. The first-order chi connectivity index (χ1) is 10.7. The van der Waals surface area contributed by atoms with Crippen LogP contribution in [0.15, 0.2) is 65.1 Å². The minimum Gasteiger partial charge on any atom is -0.463 e. The molecule has 0 saturated heterocycles. The quantitative estimate of drug-likeness (QED) is 0.419. The van der Waals surface area contributed by atoms with E-state index in [1.165, 1.54) is 0 Å². The van der Waals surface area contributed by atoms with Crippen molar-refractivity contribution in [2.75, 3.05) is 12.4 Å². The van der Waals surface area contributed by atoms with Gasteiger partial charge in [0.05, 0.1) is 6.61 Å². The van der Waals surface area contributed by atoms with Gasteiger partial charge in [0.25, 0.3) is 0 Å². The van der Waals surface area contributed by atoms with Crippen LogP contribution in [0.1, 0.15) is 12.5 Å². The van der Waals surface area contributed by atoms with Gasteiger partial charge in [0.1, 0.15) is 0 Å². The fraction of sp³-hybridized carbons (Fsp3) is 0.167. The molecule has 0 radical (unpaired) electrons. The predicted octanol–water partition coefficient (Wildman–Crippen LogP) is 5.08. The number of benzene rings is 2. The predicted molar refractivity (Wildman–Crippen MR) is 93.2 cm³/mol. The summed E-state index contributed by atoms with van der Waals surface area (Å²) >= 11 is 7.76. The Kier molecular flexibility index (Phi) is 6.56. The highest BCUT2D eigenvalue weighted by atomic mass is 35.5. The Labute approximate surface area is 140 Å². The van der Waals surface area contributed by atoms with Crippen LogP contribution < -0.4 is 0 Å². The Morgan fingerprint density at radius 2 is 1.82 bits per heavy atom. The Morgan fingerprint density at radius 1 is 1.14 bits per heavy atom. The number of thioether (sulfide) groups is 1. The molecule has 0 aromatic heterocycles. The van der Waals surface area contributed by atoms with Gasteiger partial charge in [-0.05, 0) is 36.8 Å². The molecule has 0 atom stereocenters. The Hall–Kier alpha value is -1.71. The maximum atomic E-state index is 12.1. The summed E-state index contributed by atoms with van der Waals surface area (Å²) in [7, 11) is 0. The number of hydrogen-bond donors (Lipinski definition) is 0. The largest absolute Gasteiger partial charge is 0.463 e. The van der Waals surface area contributed by atoms with E-state index >= 15 is 0 Å². The van der Waals surface area contributed by atoms with E-state index in [2.05, 4.69) is 0 Å². The summed E-state index contributed by atoms with van der Waals surface area (Å²) in [5, 5.41) is 0.619. The van der Waals surface area contributed by atoms with E-state index in [-0.39, 0.29) is 5.97 Å². The van der Waals surface area contributed by atoms with Crippen molar-refractivity contribution >= 4 is 35.4 Å². The summed E-state index contributed by atoms with van der Waals surface area (Å²) < 4.78 is 5.14. The fourth-order valence-electron chi connectivity index (χ4n) is 1.84. The maximum absolute atomic E-state index is 12.1. The van der Waals surface area contributed by atoms with Crippen LogP contribution in [0.4, 0.5) is 0 Å². The molecular weight excluding hydrogens is 316 g/mol. The Morgan fingerprint density at radius 3 is 2.50 bits per heavy atom. The summed E-state index contributed by atoms with van der Waals surface area (Å²) in [5.74, 6) is 0.236. The minimum absolute atomic E-state index is 0.300. The zero-order valence-corrected chi connectivity index (χ0v) is 13.9. The van der Waals surface area contributed by atoms with Gasteiger partial charge in [-0.1, -0.05) is 48.0 Å². The van der Waals surface area contributed by atoms with E-state index in [4.69, 9.17) is 16.3 Å². The van der Waals surface area contributed by atoms with Crippen LogP contribution in [-0.4, -0.2) is 18.3 Å². The number of carbonyl (C=O) groups is 1. The number of esters is 1. The molecule has 0 bridgehead atoms. The third-order valence-electron chi connectivity index (χ3n) is 2.91. The average Bonchev–Trinajstić information content (AvgIpc) is 2.54. The molecule has 0 unspecified atom stereocenters. The number of ether oxygens (including phenoxy) is 1. The van der Waals surface area contributed by atoms with Crippen molar-refractivity contribution in [2.24, 2.45) is 0 Å². The molecule has 0 aliphatic heterocycles. The second kappa shape index (κ2) is 8.66. The first-order valence-corrected chi connectivity index (χ1v) is 8.37. The maximum Gasteiger partial charge on any atom is 0.334 e. The summed E-state index contributed by atoms with van der Waals surface area (Å²) in [6.07, 6.45) is 1.80. The lowest BCUT2D eigenvalue weighted by Crippen LogP contribution is -2.09. The second-order valence-electron chi connectivity index (χ2n) is 4.51. The van der Waals surface area contributed by atoms with Gasteiger partial charge in [-0.15, -0.1) is 11.8 Å². The normalized spacial score (nSPS) is 11.3. The lowest BCUT2D eigenvalue weighted by molar-refractivity contribution is -0.138. The van der Waals surface area contributed by atoms with Crippen LogP contribution in [0, 0.1) is 0 Å². The van der Waals surface area contributed by atoms with Crippen molar-refractivity contribution in [3.05, 3.63) is 70.8 Å². The third kappa shape index (κ3) is 4.93. The standard InChI is InChI=1S/C18H17ClO2S/c1-2-21-18(20)15(12-14-8-6-7-11-17(14)19)13-22-16-9-4-3-5-10-16/h3-12H,2,13H2,1H3/b15-12+. The van der Waals surface area contributed by atoms with Gasteiger partial charge >= 0.3 is 5.97 Å². The van der Waals surface area contributed by atoms with Crippen molar-refractivity contribution in [3.8, 4) is 0 Å². The molecule has 0 aliphatic rings. The molecule has 0 saturated carbocycles. The van der Waals surface area contributed by atoms with Crippen LogP contribution in [0.2, 0.25) is 5.02 Å². The van der Waals surface area contributed by atoms with E-state index in [0.29, 0.717) is 23.0 Å². The van der Waals surface area contributed by atoms with Gasteiger partial charge in [0.2, 0.25) is 0 Å². The van der Waals surface area contributed by atoms with Gasteiger partial charge < -0.3 is 4.74 Å². The van der Waals surface area contributed by atoms with Crippen LogP contribution in [0.25, 0.3) is 6.08 Å². The Balaban J connectivity index is 2.19.